The molecule has 0 atom stereocenters. The zero-order valence-corrected chi connectivity index (χ0v) is 14.6. The van der Waals surface area contributed by atoms with E-state index < -0.39 is 16.0 Å². The zero-order valence-electron chi connectivity index (χ0n) is 13.8. The Morgan fingerprint density at radius 3 is 2.21 bits per heavy atom. The molecular formula is C16H21N2O5S-. The summed E-state index contributed by atoms with van der Waals surface area (Å²) in [6.07, 6.45) is -0.438. The van der Waals surface area contributed by atoms with Crippen LogP contribution in [0.3, 0.4) is 0 Å². The summed E-state index contributed by atoms with van der Waals surface area (Å²) in [5.74, 6) is -1.55. The molecular weight excluding hydrogens is 332 g/mol. The maximum absolute atomic E-state index is 12.7. The molecule has 0 spiro atoms. The first-order valence-corrected chi connectivity index (χ1v) is 9.21. The van der Waals surface area contributed by atoms with Gasteiger partial charge in [-0.25, -0.2) is 8.42 Å². The van der Waals surface area contributed by atoms with E-state index in [1.165, 1.54) is 9.21 Å². The van der Waals surface area contributed by atoms with Gasteiger partial charge in [-0.2, -0.15) is 4.31 Å². The van der Waals surface area contributed by atoms with Crippen molar-refractivity contribution in [2.24, 2.45) is 0 Å². The highest BCUT2D eigenvalue weighted by atomic mass is 32.2. The summed E-state index contributed by atoms with van der Waals surface area (Å²) >= 11 is 0. The van der Waals surface area contributed by atoms with Crippen molar-refractivity contribution in [3.8, 4) is 0 Å². The number of carboxylic acid groups (broad SMARTS) is 1. The van der Waals surface area contributed by atoms with E-state index in [1.54, 1.807) is 18.2 Å². The van der Waals surface area contributed by atoms with Gasteiger partial charge < -0.3 is 14.8 Å². The van der Waals surface area contributed by atoms with Gasteiger partial charge in [-0.15, -0.1) is 0 Å². The third kappa shape index (κ3) is 4.12. The van der Waals surface area contributed by atoms with Gasteiger partial charge in [0.2, 0.25) is 15.9 Å². The third-order valence-corrected chi connectivity index (χ3v) is 6.15. The molecule has 1 aromatic carbocycles. The third-order valence-electron chi connectivity index (χ3n) is 4.25. The second-order valence-corrected chi connectivity index (χ2v) is 7.84. The molecule has 0 N–H and O–H groups in total. The van der Waals surface area contributed by atoms with Gasteiger partial charge in [0.05, 0.1) is 4.90 Å². The van der Waals surface area contributed by atoms with Crippen molar-refractivity contribution in [2.75, 3.05) is 26.2 Å². The number of rotatable bonds is 5. The minimum atomic E-state index is -3.58. The van der Waals surface area contributed by atoms with Gasteiger partial charge in [-0.05, 0) is 43.5 Å². The van der Waals surface area contributed by atoms with Gasteiger partial charge >= 0.3 is 0 Å². The molecule has 1 heterocycles. The van der Waals surface area contributed by atoms with Crippen LogP contribution in [0.4, 0.5) is 0 Å². The first-order chi connectivity index (χ1) is 11.2. The molecule has 0 aliphatic carbocycles. The maximum Gasteiger partial charge on any atom is 0.243 e. The van der Waals surface area contributed by atoms with Crippen LogP contribution in [0.2, 0.25) is 0 Å². The molecule has 0 radical (unpaired) electrons. The van der Waals surface area contributed by atoms with Crippen molar-refractivity contribution in [1.82, 2.24) is 9.21 Å². The molecule has 2 rings (SSSR count). The van der Waals surface area contributed by atoms with Crippen LogP contribution < -0.4 is 5.11 Å². The van der Waals surface area contributed by atoms with Crippen LogP contribution in [-0.4, -0.2) is 55.7 Å². The predicted octanol–water partition coefficient (Wildman–Crippen LogP) is -0.334. The van der Waals surface area contributed by atoms with Crippen molar-refractivity contribution >= 4 is 21.9 Å². The van der Waals surface area contributed by atoms with Crippen LogP contribution in [0, 0.1) is 13.8 Å². The molecule has 0 unspecified atom stereocenters. The number of amides is 1. The monoisotopic (exact) mass is 353 g/mol. The molecule has 0 saturated carbocycles. The topological polar surface area (TPSA) is 97.8 Å². The van der Waals surface area contributed by atoms with Gasteiger partial charge in [0.1, 0.15) is 0 Å². The number of carbonyl (C=O) groups excluding carboxylic acids is 2. The summed E-state index contributed by atoms with van der Waals surface area (Å²) in [6.45, 7) is 4.70. The minimum Gasteiger partial charge on any atom is -0.550 e. The van der Waals surface area contributed by atoms with E-state index in [2.05, 4.69) is 0 Å². The number of carboxylic acids is 1. The summed E-state index contributed by atoms with van der Waals surface area (Å²) in [4.78, 5) is 24.0. The first-order valence-electron chi connectivity index (χ1n) is 7.77. The Hall–Kier alpha value is -1.93. The number of aliphatic carboxylic acids is 1. The number of aryl methyl sites for hydroxylation is 2. The molecule has 7 nitrogen and oxygen atoms in total. The lowest BCUT2D eigenvalue weighted by Gasteiger charge is -2.34. The van der Waals surface area contributed by atoms with E-state index in [9.17, 15) is 23.1 Å². The number of piperazine rings is 1. The van der Waals surface area contributed by atoms with Crippen LogP contribution in [0.5, 0.6) is 0 Å². The Bertz CT molecular complexity index is 737. The highest BCUT2D eigenvalue weighted by Crippen LogP contribution is 2.20. The zero-order chi connectivity index (χ0) is 17.9. The van der Waals surface area contributed by atoms with E-state index >= 15 is 0 Å². The minimum absolute atomic E-state index is 0.119. The van der Waals surface area contributed by atoms with Crippen LogP contribution in [0.15, 0.2) is 23.1 Å². The summed E-state index contributed by atoms with van der Waals surface area (Å²) in [5.41, 5.74) is 1.93. The van der Waals surface area contributed by atoms with Crippen molar-refractivity contribution in [3.63, 3.8) is 0 Å². The van der Waals surface area contributed by atoms with E-state index in [0.29, 0.717) is 0 Å². The Kier molecular flexibility index (Phi) is 5.61. The molecule has 1 saturated heterocycles. The number of hydrogen-bond acceptors (Lipinski definition) is 5. The number of carbonyl (C=O) groups is 2. The van der Waals surface area contributed by atoms with Gasteiger partial charge in [0.15, 0.2) is 0 Å². The fourth-order valence-electron chi connectivity index (χ4n) is 2.57. The largest absolute Gasteiger partial charge is 0.550 e. The molecule has 1 aliphatic heterocycles. The highest BCUT2D eigenvalue weighted by Gasteiger charge is 2.30. The summed E-state index contributed by atoms with van der Waals surface area (Å²) in [6, 6.07) is 5.03. The SMILES string of the molecule is Cc1ccc(S(=O)(=O)N2CCN(C(=O)CCC(=O)[O-])CC2)cc1C. The van der Waals surface area contributed by atoms with E-state index in [-0.39, 0.29) is 49.8 Å². The summed E-state index contributed by atoms with van der Waals surface area (Å²) in [7, 11) is -3.58. The van der Waals surface area contributed by atoms with Crippen molar-refractivity contribution in [3.05, 3.63) is 29.3 Å². The van der Waals surface area contributed by atoms with E-state index in [4.69, 9.17) is 0 Å². The molecule has 1 aromatic rings. The normalized spacial score (nSPS) is 16.2. The number of benzene rings is 1. The van der Waals surface area contributed by atoms with Gasteiger partial charge in [0, 0.05) is 38.6 Å². The Labute approximate surface area is 141 Å². The van der Waals surface area contributed by atoms with E-state index in [1.807, 2.05) is 13.8 Å². The Morgan fingerprint density at radius 2 is 1.67 bits per heavy atom. The van der Waals surface area contributed by atoms with Crippen molar-refractivity contribution in [1.29, 1.82) is 0 Å². The lowest BCUT2D eigenvalue weighted by Crippen LogP contribution is -2.50. The molecule has 1 amide bonds. The Balaban J connectivity index is 2.01. The smallest absolute Gasteiger partial charge is 0.243 e. The van der Waals surface area contributed by atoms with Crippen molar-refractivity contribution < 1.29 is 23.1 Å². The quantitative estimate of drug-likeness (QED) is 0.722. The fraction of sp³-hybridized carbons (Fsp3) is 0.500. The standard InChI is InChI=1S/C16H22N2O5S/c1-12-3-4-14(11-13(12)2)24(22,23)18-9-7-17(8-10-18)15(19)5-6-16(20)21/h3-4,11H,5-10H2,1-2H3,(H,20,21)/p-1. The van der Waals surface area contributed by atoms with E-state index in [0.717, 1.165) is 11.1 Å². The van der Waals surface area contributed by atoms with Crippen molar-refractivity contribution in [2.45, 2.75) is 31.6 Å². The molecule has 8 heteroatoms. The van der Waals surface area contributed by atoms with Crippen LogP contribution >= 0.6 is 0 Å². The van der Waals surface area contributed by atoms with Gasteiger partial charge in [0.25, 0.3) is 0 Å². The average Bonchev–Trinajstić information content (AvgIpc) is 2.55. The summed E-state index contributed by atoms with van der Waals surface area (Å²) in [5, 5.41) is 10.4. The molecule has 1 aliphatic rings. The van der Waals surface area contributed by atoms with Crippen LogP contribution in [0.1, 0.15) is 24.0 Å². The highest BCUT2D eigenvalue weighted by molar-refractivity contribution is 7.89. The predicted molar refractivity (Wildman–Crippen MR) is 85.5 cm³/mol. The maximum atomic E-state index is 12.7. The number of hydrogen-bond donors (Lipinski definition) is 0. The van der Waals surface area contributed by atoms with Gasteiger partial charge in [-0.3, -0.25) is 4.79 Å². The second kappa shape index (κ2) is 7.31. The second-order valence-electron chi connectivity index (χ2n) is 5.90. The number of sulfonamides is 1. The van der Waals surface area contributed by atoms with Crippen LogP contribution in [0.25, 0.3) is 0 Å². The average molecular weight is 353 g/mol. The van der Waals surface area contributed by atoms with Gasteiger partial charge in [-0.1, -0.05) is 6.07 Å². The molecule has 0 bridgehead atoms. The summed E-state index contributed by atoms with van der Waals surface area (Å²) < 4.78 is 26.7. The van der Waals surface area contributed by atoms with Crippen LogP contribution in [-0.2, 0) is 19.6 Å². The Morgan fingerprint density at radius 1 is 1.04 bits per heavy atom. The number of nitrogens with zero attached hydrogens (tertiary/aromatic N) is 2. The fourth-order valence-corrected chi connectivity index (χ4v) is 4.08. The molecule has 24 heavy (non-hydrogen) atoms. The molecule has 1 fully saturated rings. The molecule has 132 valence electrons. The lowest BCUT2D eigenvalue weighted by atomic mass is 10.1. The lowest BCUT2D eigenvalue weighted by molar-refractivity contribution is -0.305. The first kappa shape index (κ1) is 18.4. The molecule has 0 aromatic heterocycles.